The highest BCUT2D eigenvalue weighted by Gasteiger charge is 2.11. The molecule has 2 N–H and O–H groups in total. The van der Waals surface area contributed by atoms with E-state index in [4.69, 9.17) is 13.9 Å². The third-order valence-electron chi connectivity index (χ3n) is 5.65. The van der Waals surface area contributed by atoms with E-state index in [9.17, 15) is 9.59 Å². The molecule has 7 heteroatoms. The Kier molecular flexibility index (Phi) is 5.74. The predicted octanol–water partition coefficient (Wildman–Crippen LogP) is 5.05. The Balaban J connectivity index is 1.22. The molecular formula is C27H22N2O5. The average molecular weight is 454 g/mol. The monoisotopic (exact) mass is 454 g/mol. The lowest BCUT2D eigenvalue weighted by molar-refractivity contribution is 0.0954. The molecule has 0 aliphatic heterocycles. The number of para-hydroxylation sites is 1. The van der Waals surface area contributed by atoms with Crippen molar-refractivity contribution in [2.45, 2.75) is 6.42 Å². The number of hydrogen-bond acceptors (Lipinski definition) is 5. The van der Waals surface area contributed by atoms with Gasteiger partial charge in [-0.3, -0.25) is 9.59 Å². The minimum absolute atomic E-state index is 0.0635. The van der Waals surface area contributed by atoms with Crippen LogP contribution in [0.5, 0.6) is 17.2 Å². The van der Waals surface area contributed by atoms with Gasteiger partial charge in [-0.05, 0) is 54.4 Å². The molecule has 5 rings (SSSR count). The fourth-order valence-corrected chi connectivity index (χ4v) is 3.84. The molecule has 0 fully saturated rings. The summed E-state index contributed by atoms with van der Waals surface area (Å²) < 4.78 is 16.4. The molecule has 0 radical (unpaired) electrons. The first-order chi connectivity index (χ1) is 16.6. The van der Waals surface area contributed by atoms with Gasteiger partial charge in [0.15, 0.2) is 0 Å². The van der Waals surface area contributed by atoms with Gasteiger partial charge in [-0.2, -0.15) is 0 Å². The number of methoxy groups -OCH3 is 1. The summed E-state index contributed by atoms with van der Waals surface area (Å²) in [4.78, 5) is 28.5. The molecule has 0 atom stereocenters. The smallest absolute Gasteiger partial charge is 0.251 e. The number of nitrogens with one attached hydrogen (secondary N) is 2. The van der Waals surface area contributed by atoms with Gasteiger partial charge in [0, 0.05) is 35.3 Å². The Morgan fingerprint density at radius 3 is 2.62 bits per heavy atom. The van der Waals surface area contributed by atoms with Crippen molar-refractivity contribution in [3.05, 3.63) is 101 Å². The van der Waals surface area contributed by atoms with Gasteiger partial charge in [0.2, 0.25) is 11.2 Å². The summed E-state index contributed by atoms with van der Waals surface area (Å²) in [6.07, 6.45) is 3.97. The molecule has 1 amide bonds. The standard InChI is InChI=1S/C27H22N2O5/c1-32-20-10-11-22-24(14-20)33-16-25(26(22)30)34-19-8-6-17(7-9-19)27(31)28-13-12-18-15-29-23-5-3-2-4-21(18)23/h2-11,14-16,29H,12-13H2,1H3,(H,28,31). The zero-order valence-electron chi connectivity index (χ0n) is 18.5. The number of aromatic nitrogens is 1. The second kappa shape index (κ2) is 9.15. The van der Waals surface area contributed by atoms with E-state index >= 15 is 0 Å². The van der Waals surface area contributed by atoms with Gasteiger partial charge in [-0.25, -0.2) is 0 Å². The maximum Gasteiger partial charge on any atom is 0.251 e. The van der Waals surface area contributed by atoms with Crippen molar-refractivity contribution in [3.63, 3.8) is 0 Å². The molecule has 5 aromatic rings. The highest BCUT2D eigenvalue weighted by molar-refractivity contribution is 5.94. The Morgan fingerprint density at radius 1 is 1.00 bits per heavy atom. The SMILES string of the molecule is COc1ccc2c(=O)c(Oc3ccc(C(=O)NCCc4c[nH]c5ccccc45)cc3)coc2c1. The second-order valence-electron chi connectivity index (χ2n) is 7.78. The minimum atomic E-state index is -0.289. The van der Waals surface area contributed by atoms with E-state index in [0.29, 0.717) is 34.6 Å². The number of hydrogen-bond donors (Lipinski definition) is 2. The second-order valence-corrected chi connectivity index (χ2v) is 7.78. The van der Waals surface area contributed by atoms with Crippen LogP contribution in [0.25, 0.3) is 21.9 Å². The van der Waals surface area contributed by atoms with E-state index in [1.165, 1.54) is 6.26 Å². The van der Waals surface area contributed by atoms with Gasteiger partial charge >= 0.3 is 0 Å². The molecule has 170 valence electrons. The number of ether oxygens (including phenoxy) is 2. The van der Waals surface area contributed by atoms with Crippen LogP contribution in [0.4, 0.5) is 0 Å². The third-order valence-corrected chi connectivity index (χ3v) is 5.65. The molecule has 0 aliphatic rings. The maximum absolute atomic E-state index is 12.7. The number of rotatable bonds is 7. The van der Waals surface area contributed by atoms with Crippen LogP contribution in [-0.4, -0.2) is 24.5 Å². The molecule has 34 heavy (non-hydrogen) atoms. The van der Waals surface area contributed by atoms with Gasteiger partial charge in [0.05, 0.1) is 12.5 Å². The van der Waals surface area contributed by atoms with E-state index in [2.05, 4.69) is 16.4 Å². The summed E-state index contributed by atoms with van der Waals surface area (Å²) in [7, 11) is 1.55. The van der Waals surface area contributed by atoms with E-state index in [1.807, 2.05) is 24.4 Å². The minimum Gasteiger partial charge on any atom is -0.497 e. The molecule has 0 saturated heterocycles. The fraction of sp³-hybridized carbons (Fsp3) is 0.111. The topological polar surface area (TPSA) is 93.6 Å². The first kappa shape index (κ1) is 21.3. The number of benzene rings is 3. The molecule has 0 aliphatic carbocycles. The van der Waals surface area contributed by atoms with Gasteiger partial charge < -0.3 is 24.2 Å². The summed E-state index contributed by atoms with van der Waals surface area (Å²) in [5.41, 5.74) is 2.87. The Morgan fingerprint density at radius 2 is 1.79 bits per heavy atom. The fourth-order valence-electron chi connectivity index (χ4n) is 3.84. The van der Waals surface area contributed by atoms with E-state index in [-0.39, 0.29) is 17.1 Å². The highest BCUT2D eigenvalue weighted by atomic mass is 16.5. The summed E-state index contributed by atoms with van der Waals surface area (Å²) >= 11 is 0. The number of carbonyl (C=O) groups excluding carboxylic acids is 1. The van der Waals surface area contributed by atoms with Crippen LogP contribution in [0.3, 0.4) is 0 Å². The molecule has 0 bridgehead atoms. The first-order valence-corrected chi connectivity index (χ1v) is 10.8. The lowest BCUT2D eigenvalue weighted by Crippen LogP contribution is -2.25. The Hall–Kier alpha value is -4.52. The van der Waals surface area contributed by atoms with Crippen molar-refractivity contribution in [3.8, 4) is 17.2 Å². The van der Waals surface area contributed by atoms with Crippen molar-refractivity contribution in [1.29, 1.82) is 0 Å². The van der Waals surface area contributed by atoms with Gasteiger partial charge in [0.1, 0.15) is 23.3 Å². The van der Waals surface area contributed by atoms with E-state index in [1.54, 1.807) is 49.6 Å². The third kappa shape index (κ3) is 4.23. The number of carbonyl (C=O) groups is 1. The van der Waals surface area contributed by atoms with Crippen LogP contribution >= 0.6 is 0 Å². The Bertz CT molecular complexity index is 1530. The van der Waals surface area contributed by atoms with Gasteiger partial charge in [-0.15, -0.1) is 0 Å². The van der Waals surface area contributed by atoms with Crippen molar-refractivity contribution in [1.82, 2.24) is 10.3 Å². The molecule has 3 aromatic carbocycles. The lowest BCUT2D eigenvalue weighted by Gasteiger charge is -2.08. The molecule has 7 nitrogen and oxygen atoms in total. The molecule has 0 saturated carbocycles. The molecule has 0 spiro atoms. The predicted molar refractivity (Wildman–Crippen MR) is 130 cm³/mol. The van der Waals surface area contributed by atoms with Crippen molar-refractivity contribution in [2.24, 2.45) is 0 Å². The van der Waals surface area contributed by atoms with Crippen LogP contribution in [0.1, 0.15) is 15.9 Å². The zero-order chi connectivity index (χ0) is 23.5. The van der Waals surface area contributed by atoms with E-state index < -0.39 is 0 Å². The van der Waals surface area contributed by atoms with Crippen LogP contribution in [0, 0.1) is 0 Å². The van der Waals surface area contributed by atoms with Crippen molar-refractivity contribution in [2.75, 3.05) is 13.7 Å². The van der Waals surface area contributed by atoms with Crippen LogP contribution in [-0.2, 0) is 6.42 Å². The zero-order valence-corrected chi connectivity index (χ0v) is 18.5. The molecular weight excluding hydrogens is 432 g/mol. The summed E-state index contributed by atoms with van der Waals surface area (Å²) in [5, 5.41) is 4.50. The van der Waals surface area contributed by atoms with Gasteiger partial charge in [0.25, 0.3) is 5.91 Å². The molecule has 2 heterocycles. The maximum atomic E-state index is 12.7. The highest BCUT2D eigenvalue weighted by Crippen LogP contribution is 2.24. The molecule has 2 aromatic heterocycles. The van der Waals surface area contributed by atoms with Crippen molar-refractivity contribution >= 4 is 27.8 Å². The van der Waals surface area contributed by atoms with Crippen LogP contribution < -0.4 is 20.2 Å². The Labute approximate surface area is 194 Å². The number of amides is 1. The van der Waals surface area contributed by atoms with E-state index in [0.717, 1.165) is 22.9 Å². The van der Waals surface area contributed by atoms with Crippen molar-refractivity contribution < 1.29 is 18.7 Å². The van der Waals surface area contributed by atoms with Gasteiger partial charge in [-0.1, -0.05) is 18.2 Å². The van der Waals surface area contributed by atoms with Crippen LogP contribution in [0.2, 0.25) is 0 Å². The number of aromatic amines is 1. The molecule has 0 unspecified atom stereocenters. The largest absolute Gasteiger partial charge is 0.497 e. The summed E-state index contributed by atoms with van der Waals surface area (Å²) in [6.45, 7) is 0.516. The summed E-state index contributed by atoms with van der Waals surface area (Å²) in [5.74, 6) is 0.911. The van der Waals surface area contributed by atoms with Crippen LogP contribution in [0.15, 0.2) is 88.4 Å². The summed E-state index contributed by atoms with van der Waals surface area (Å²) in [6, 6.07) is 19.7. The normalized spacial score (nSPS) is 11.0. The number of fused-ring (bicyclic) bond motifs is 2. The number of H-pyrrole nitrogens is 1. The average Bonchev–Trinajstić information content (AvgIpc) is 3.29. The quantitative estimate of drug-likeness (QED) is 0.359. The lowest BCUT2D eigenvalue weighted by atomic mass is 10.1. The first-order valence-electron chi connectivity index (χ1n) is 10.8.